The van der Waals surface area contributed by atoms with E-state index in [0.29, 0.717) is 16.9 Å². The SMILES string of the molecule is CC(C)(C)NS(=O)(=O)c1ccccc1-c1ccc(OC2COCC2N=S(=O)=O)cc1. The maximum atomic E-state index is 12.9. The topological polar surface area (TPSA) is 111 Å². The molecule has 0 spiro atoms. The fourth-order valence-electron chi connectivity index (χ4n) is 3.13. The van der Waals surface area contributed by atoms with Crippen LogP contribution in [0.4, 0.5) is 0 Å². The number of nitrogens with zero attached hydrogens (tertiary/aromatic N) is 1. The Balaban J connectivity index is 1.85. The summed E-state index contributed by atoms with van der Waals surface area (Å²) in [4.78, 5) is 0.189. The predicted octanol–water partition coefficient (Wildman–Crippen LogP) is 2.64. The van der Waals surface area contributed by atoms with Gasteiger partial charge in [-0.2, -0.15) is 12.8 Å². The minimum absolute atomic E-state index is 0.183. The van der Waals surface area contributed by atoms with Crippen LogP contribution in [0.15, 0.2) is 57.8 Å². The van der Waals surface area contributed by atoms with Gasteiger partial charge in [0.05, 0.1) is 18.1 Å². The Hall–Kier alpha value is -2.27. The van der Waals surface area contributed by atoms with Gasteiger partial charge in [0, 0.05) is 11.1 Å². The summed E-state index contributed by atoms with van der Waals surface area (Å²) in [7, 11) is -6.24. The second-order valence-corrected chi connectivity index (χ2v) is 10.3. The van der Waals surface area contributed by atoms with Crippen LogP contribution in [0.3, 0.4) is 0 Å². The lowest BCUT2D eigenvalue weighted by Gasteiger charge is -2.21. The molecule has 0 aromatic heterocycles. The molecule has 162 valence electrons. The van der Waals surface area contributed by atoms with Crippen LogP contribution in [-0.4, -0.2) is 47.7 Å². The third-order valence-corrected chi connectivity index (χ3v) is 6.55. The fraction of sp³-hybridized carbons (Fsp3) is 0.400. The molecule has 1 saturated heterocycles. The Kier molecular flexibility index (Phi) is 6.61. The van der Waals surface area contributed by atoms with Gasteiger partial charge in [0.25, 0.3) is 0 Å². The number of sulfonamides is 1. The van der Waals surface area contributed by atoms with E-state index in [9.17, 15) is 16.8 Å². The van der Waals surface area contributed by atoms with Gasteiger partial charge < -0.3 is 9.47 Å². The van der Waals surface area contributed by atoms with E-state index in [2.05, 4.69) is 9.08 Å². The van der Waals surface area contributed by atoms with Gasteiger partial charge in [-0.25, -0.2) is 13.1 Å². The quantitative estimate of drug-likeness (QED) is 0.721. The molecule has 0 aliphatic carbocycles. The summed E-state index contributed by atoms with van der Waals surface area (Å²) >= 11 is 0. The van der Waals surface area contributed by atoms with Crippen molar-refractivity contribution in [2.75, 3.05) is 13.2 Å². The smallest absolute Gasteiger partial charge is 0.311 e. The maximum absolute atomic E-state index is 12.9. The number of hydrogen-bond donors (Lipinski definition) is 1. The average Bonchev–Trinajstić information content (AvgIpc) is 3.06. The van der Waals surface area contributed by atoms with E-state index in [4.69, 9.17) is 9.47 Å². The van der Waals surface area contributed by atoms with Crippen molar-refractivity contribution in [3.63, 3.8) is 0 Å². The third-order valence-electron chi connectivity index (χ3n) is 4.29. The van der Waals surface area contributed by atoms with Crippen molar-refractivity contribution in [2.45, 2.75) is 43.4 Å². The van der Waals surface area contributed by atoms with Crippen molar-refractivity contribution in [1.82, 2.24) is 4.72 Å². The molecule has 1 heterocycles. The van der Waals surface area contributed by atoms with E-state index in [1.165, 1.54) is 0 Å². The van der Waals surface area contributed by atoms with Crippen LogP contribution in [0, 0.1) is 0 Å². The molecule has 1 N–H and O–H groups in total. The number of hydrogen-bond acceptors (Lipinski definition) is 7. The highest BCUT2D eigenvalue weighted by Crippen LogP contribution is 2.30. The summed E-state index contributed by atoms with van der Waals surface area (Å²) in [5.41, 5.74) is 0.670. The Morgan fingerprint density at radius 3 is 2.37 bits per heavy atom. The molecule has 1 aliphatic rings. The van der Waals surface area contributed by atoms with Crippen LogP contribution >= 0.6 is 0 Å². The van der Waals surface area contributed by atoms with E-state index in [1.807, 2.05) is 0 Å². The van der Waals surface area contributed by atoms with Crippen molar-refractivity contribution in [2.24, 2.45) is 4.36 Å². The highest BCUT2D eigenvalue weighted by molar-refractivity contribution is 7.89. The molecule has 1 aliphatic heterocycles. The largest absolute Gasteiger partial charge is 0.486 e. The van der Waals surface area contributed by atoms with Crippen LogP contribution < -0.4 is 9.46 Å². The first-order chi connectivity index (χ1) is 14.0. The summed E-state index contributed by atoms with van der Waals surface area (Å²) in [6.07, 6.45) is -0.502. The monoisotopic (exact) mass is 452 g/mol. The molecule has 0 bridgehead atoms. The van der Waals surface area contributed by atoms with Crippen LogP contribution in [0.1, 0.15) is 20.8 Å². The highest BCUT2D eigenvalue weighted by atomic mass is 32.2. The lowest BCUT2D eigenvalue weighted by molar-refractivity contribution is 0.140. The first-order valence-corrected chi connectivity index (χ1v) is 11.8. The Bertz CT molecular complexity index is 1130. The number of rotatable bonds is 6. The Labute approximate surface area is 178 Å². The first kappa shape index (κ1) is 22.4. The molecular weight excluding hydrogens is 428 g/mol. The molecule has 2 unspecified atom stereocenters. The normalized spacial score (nSPS) is 19.4. The maximum Gasteiger partial charge on any atom is 0.311 e. The zero-order valence-corrected chi connectivity index (χ0v) is 18.5. The number of benzene rings is 2. The van der Waals surface area contributed by atoms with Gasteiger partial charge in [0.1, 0.15) is 17.9 Å². The third kappa shape index (κ3) is 5.66. The summed E-state index contributed by atoms with van der Waals surface area (Å²) in [6, 6.07) is 13.1. The van der Waals surface area contributed by atoms with Crippen molar-refractivity contribution >= 4 is 20.5 Å². The first-order valence-electron chi connectivity index (χ1n) is 9.33. The number of ether oxygens (including phenoxy) is 2. The zero-order chi connectivity index (χ0) is 21.9. The van der Waals surface area contributed by atoms with Gasteiger partial charge in [-0.05, 0) is 44.5 Å². The van der Waals surface area contributed by atoms with Crippen LogP contribution in [0.2, 0.25) is 0 Å². The molecule has 2 atom stereocenters. The van der Waals surface area contributed by atoms with Crippen molar-refractivity contribution in [3.8, 4) is 16.9 Å². The molecule has 10 heteroatoms. The fourth-order valence-corrected chi connectivity index (χ4v) is 5.20. The summed E-state index contributed by atoms with van der Waals surface area (Å²) in [5, 5.41) is 0. The molecule has 0 radical (unpaired) electrons. The molecule has 2 aromatic rings. The summed E-state index contributed by atoms with van der Waals surface area (Å²) < 4.78 is 64.7. The van der Waals surface area contributed by atoms with E-state index in [-0.39, 0.29) is 18.1 Å². The van der Waals surface area contributed by atoms with Gasteiger partial charge in [-0.1, -0.05) is 30.3 Å². The van der Waals surface area contributed by atoms with Crippen molar-refractivity contribution in [1.29, 1.82) is 0 Å². The minimum Gasteiger partial charge on any atom is -0.486 e. The molecule has 0 saturated carbocycles. The molecule has 8 nitrogen and oxygen atoms in total. The van der Waals surface area contributed by atoms with E-state index in [1.54, 1.807) is 69.3 Å². The predicted molar refractivity (Wildman–Crippen MR) is 112 cm³/mol. The standard InChI is InChI=1S/C20H24N2O6S2/c1-20(2,3)22-30(25,26)19-7-5-4-6-16(19)14-8-10-15(11-9-14)28-18-13-27-12-17(18)21-29(23)24/h4-11,17-18,22H,12-13H2,1-3H3. The Morgan fingerprint density at radius 2 is 1.73 bits per heavy atom. The van der Waals surface area contributed by atoms with E-state index in [0.717, 1.165) is 0 Å². The Morgan fingerprint density at radius 1 is 1.07 bits per heavy atom. The lowest BCUT2D eigenvalue weighted by atomic mass is 10.1. The van der Waals surface area contributed by atoms with Crippen molar-refractivity contribution in [3.05, 3.63) is 48.5 Å². The van der Waals surface area contributed by atoms with Crippen LogP contribution in [-0.2, 0) is 25.3 Å². The lowest BCUT2D eigenvalue weighted by Crippen LogP contribution is -2.40. The van der Waals surface area contributed by atoms with Gasteiger partial charge in [-0.3, -0.25) is 0 Å². The molecule has 2 aromatic carbocycles. The second kappa shape index (κ2) is 8.84. The van der Waals surface area contributed by atoms with Gasteiger partial charge in [-0.15, -0.1) is 0 Å². The van der Waals surface area contributed by atoms with Crippen LogP contribution in [0.25, 0.3) is 11.1 Å². The summed E-state index contributed by atoms with van der Waals surface area (Å²) in [6.45, 7) is 5.78. The number of nitrogens with one attached hydrogen (secondary N) is 1. The van der Waals surface area contributed by atoms with Gasteiger partial charge >= 0.3 is 10.5 Å². The van der Waals surface area contributed by atoms with Gasteiger partial charge in [0.15, 0.2) is 0 Å². The van der Waals surface area contributed by atoms with Crippen molar-refractivity contribution < 1.29 is 26.3 Å². The molecule has 3 rings (SSSR count). The average molecular weight is 453 g/mol. The molecular formula is C20H24N2O6S2. The highest BCUT2D eigenvalue weighted by Gasteiger charge is 2.30. The molecule has 1 fully saturated rings. The minimum atomic E-state index is -3.71. The van der Waals surface area contributed by atoms with E-state index >= 15 is 0 Å². The molecule has 0 amide bonds. The van der Waals surface area contributed by atoms with Crippen LogP contribution in [0.5, 0.6) is 5.75 Å². The summed E-state index contributed by atoms with van der Waals surface area (Å²) in [5.74, 6) is 0.513. The second-order valence-electron chi connectivity index (χ2n) is 7.96. The van der Waals surface area contributed by atoms with Gasteiger partial charge in [0.2, 0.25) is 10.0 Å². The zero-order valence-electron chi connectivity index (χ0n) is 16.9. The molecule has 30 heavy (non-hydrogen) atoms. The van der Waals surface area contributed by atoms with E-state index < -0.39 is 38.2 Å².